The van der Waals surface area contributed by atoms with Gasteiger partial charge in [0.05, 0.1) is 16.6 Å². The number of likely N-dealkylation sites (tertiary alicyclic amines) is 1. The van der Waals surface area contributed by atoms with E-state index in [1.165, 1.54) is 0 Å². The molecule has 3 rings (SSSR count). The molecule has 1 fully saturated rings. The SMILES string of the molecule is CC(C)CN1CCCC1(C)C(=O)Nc1nc2ccccc2[nH]1. The summed E-state index contributed by atoms with van der Waals surface area (Å²) in [5.74, 6) is 1.12. The number of aromatic amines is 1. The third-order valence-electron chi connectivity index (χ3n) is 4.49. The maximum atomic E-state index is 12.8. The number of hydrogen-bond acceptors (Lipinski definition) is 3. The minimum atomic E-state index is -0.441. The molecule has 118 valence electrons. The first-order valence-corrected chi connectivity index (χ1v) is 8.00. The monoisotopic (exact) mass is 300 g/mol. The van der Waals surface area contributed by atoms with Gasteiger partial charge in [-0.3, -0.25) is 15.0 Å². The molecule has 0 aliphatic carbocycles. The molecule has 1 atom stereocenters. The second-order valence-corrected chi connectivity index (χ2v) is 6.77. The first-order chi connectivity index (χ1) is 10.5. The van der Waals surface area contributed by atoms with Crippen molar-refractivity contribution in [1.29, 1.82) is 0 Å². The van der Waals surface area contributed by atoms with Crippen molar-refractivity contribution in [1.82, 2.24) is 14.9 Å². The summed E-state index contributed by atoms with van der Waals surface area (Å²) in [5, 5.41) is 2.97. The van der Waals surface area contributed by atoms with Crippen LogP contribution in [-0.4, -0.2) is 39.4 Å². The number of fused-ring (bicyclic) bond motifs is 1. The summed E-state index contributed by atoms with van der Waals surface area (Å²) >= 11 is 0. The number of benzene rings is 1. The van der Waals surface area contributed by atoms with E-state index in [9.17, 15) is 4.79 Å². The van der Waals surface area contributed by atoms with Crippen LogP contribution in [0.1, 0.15) is 33.6 Å². The Bertz CT molecular complexity index is 645. The molecule has 1 aliphatic heterocycles. The van der Waals surface area contributed by atoms with Crippen molar-refractivity contribution >= 4 is 22.9 Å². The molecular weight excluding hydrogens is 276 g/mol. The highest BCUT2D eigenvalue weighted by molar-refractivity contribution is 5.97. The molecule has 5 nitrogen and oxygen atoms in total. The van der Waals surface area contributed by atoms with Gasteiger partial charge in [0.1, 0.15) is 0 Å². The van der Waals surface area contributed by atoms with Gasteiger partial charge in [0.25, 0.3) is 0 Å². The lowest BCUT2D eigenvalue weighted by molar-refractivity contribution is -0.125. The summed E-state index contributed by atoms with van der Waals surface area (Å²) in [4.78, 5) is 22.7. The maximum absolute atomic E-state index is 12.8. The van der Waals surface area contributed by atoms with Crippen LogP contribution in [0.4, 0.5) is 5.95 Å². The lowest BCUT2D eigenvalue weighted by Gasteiger charge is -2.34. The van der Waals surface area contributed by atoms with Crippen LogP contribution < -0.4 is 5.32 Å². The van der Waals surface area contributed by atoms with E-state index in [1.54, 1.807) is 0 Å². The summed E-state index contributed by atoms with van der Waals surface area (Å²) in [6.07, 6.45) is 1.96. The van der Waals surface area contributed by atoms with Crippen molar-refractivity contribution in [3.63, 3.8) is 0 Å². The van der Waals surface area contributed by atoms with E-state index in [2.05, 4.69) is 34.0 Å². The summed E-state index contributed by atoms with van der Waals surface area (Å²) in [6, 6.07) is 7.79. The van der Waals surface area contributed by atoms with Crippen molar-refractivity contribution in [2.45, 2.75) is 39.2 Å². The topological polar surface area (TPSA) is 61.0 Å². The number of carbonyl (C=O) groups is 1. The number of carbonyl (C=O) groups excluding carboxylic acids is 1. The van der Waals surface area contributed by atoms with E-state index >= 15 is 0 Å². The van der Waals surface area contributed by atoms with Crippen LogP contribution in [-0.2, 0) is 4.79 Å². The van der Waals surface area contributed by atoms with Gasteiger partial charge in [-0.25, -0.2) is 4.98 Å². The lowest BCUT2D eigenvalue weighted by Crippen LogP contribution is -2.51. The molecule has 1 unspecified atom stereocenters. The number of hydrogen-bond donors (Lipinski definition) is 2. The average molecular weight is 300 g/mol. The summed E-state index contributed by atoms with van der Waals surface area (Å²) in [5.41, 5.74) is 1.37. The lowest BCUT2D eigenvalue weighted by atomic mass is 9.97. The quantitative estimate of drug-likeness (QED) is 0.912. The minimum absolute atomic E-state index is 0.0321. The largest absolute Gasteiger partial charge is 0.324 e. The van der Waals surface area contributed by atoms with Crippen molar-refractivity contribution < 1.29 is 4.79 Å². The van der Waals surface area contributed by atoms with E-state index in [-0.39, 0.29) is 5.91 Å². The Balaban J connectivity index is 1.77. The number of nitrogens with zero attached hydrogens (tertiary/aromatic N) is 2. The molecule has 0 bridgehead atoms. The minimum Gasteiger partial charge on any atom is -0.324 e. The molecule has 1 saturated heterocycles. The van der Waals surface area contributed by atoms with E-state index in [0.29, 0.717) is 11.9 Å². The van der Waals surface area contributed by atoms with Gasteiger partial charge in [0.15, 0.2) is 0 Å². The Labute approximate surface area is 131 Å². The fraction of sp³-hybridized carbons (Fsp3) is 0.529. The summed E-state index contributed by atoms with van der Waals surface area (Å²) in [7, 11) is 0. The molecule has 1 aromatic carbocycles. The standard InChI is InChI=1S/C17H24N4O/c1-12(2)11-21-10-6-9-17(21,3)15(22)20-16-18-13-7-4-5-8-14(13)19-16/h4-5,7-8,12H,6,9-11H2,1-3H3,(H2,18,19,20,22). The molecule has 1 aliphatic rings. The number of aromatic nitrogens is 2. The van der Waals surface area contributed by atoms with Crippen molar-refractivity contribution in [3.8, 4) is 0 Å². The van der Waals surface area contributed by atoms with Crippen molar-refractivity contribution in [2.24, 2.45) is 5.92 Å². The molecule has 0 radical (unpaired) electrons. The molecule has 2 N–H and O–H groups in total. The molecular formula is C17H24N4O. The van der Waals surface area contributed by atoms with Gasteiger partial charge in [0.2, 0.25) is 11.9 Å². The second-order valence-electron chi connectivity index (χ2n) is 6.77. The number of amides is 1. The van der Waals surface area contributed by atoms with E-state index in [4.69, 9.17) is 0 Å². The fourth-order valence-corrected chi connectivity index (χ4v) is 3.26. The Morgan fingerprint density at radius 2 is 2.23 bits per heavy atom. The predicted molar refractivity (Wildman–Crippen MR) is 88.8 cm³/mol. The Kier molecular flexibility index (Phi) is 3.91. The smallest absolute Gasteiger partial charge is 0.246 e. The van der Waals surface area contributed by atoms with Crippen molar-refractivity contribution in [3.05, 3.63) is 24.3 Å². The van der Waals surface area contributed by atoms with Crippen molar-refractivity contribution in [2.75, 3.05) is 18.4 Å². The molecule has 5 heteroatoms. The van der Waals surface area contributed by atoms with Crippen LogP contribution in [0.5, 0.6) is 0 Å². The van der Waals surface area contributed by atoms with Crippen LogP contribution in [0.25, 0.3) is 11.0 Å². The predicted octanol–water partition coefficient (Wildman–Crippen LogP) is 3.01. The third kappa shape index (κ3) is 2.73. The van der Waals surface area contributed by atoms with Crippen LogP contribution >= 0.6 is 0 Å². The molecule has 2 aromatic rings. The molecule has 2 heterocycles. The van der Waals surface area contributed by atoms with Gasteiger partial charge in [-0.15, -0.1) is 0 Å². The Hall–Kier alpha value is -1.88. The first-order valence-electron chi connectivity index (χ1n) is 8.00. The molecule has 0 saturated carbocycles. The number of nitrogens with one attached hydrogen (secondary N) is 2. The number of anilines is 1. The Morgan fingerprint density at radius 3 is 2.95 bits per heavy atom. The van der Waals surface area contributed by atoms with Gasteiger partial charge < -0.3 is 4.98 Å². The number of imidazole rings is 1. The molecule has 22 heavy (non-hydrogen) atoms. The summed E-state index contributed by atoms with van der Waals surface area (Å²) < 4.78 is 0. The Morgan fingerprint density at radius 1 is 1.45 bits per heavy atom. The zero-order valence-corrected chi connectivity index (χ0v) is 13.5. The normalized spacial score (nSPS) is 22.5. The van der Waals surface area contributed by atoms with Crippen LogP contribution in [0.2, 0.25) is 0 Å². The highest BCUT2D eigenvalue weighted by atomic mass is 16.2. The zero-order valence-electron chi connectivity index (χ0n) is 13.5. The van der Waals surface area contributed by atoms with Crippen LogP contribution in [0, 0.1) is 5.92 Å². The molecule has 0 spiro atoms. The van der Waals surface area contributed by atoms with E-state index in [1.807, 2.05) is 31.2 Å². The van der Waals surface area contributed by atoms with Gasteiger partial charge in [0, 0.05) is 6.54 Å². The second kappa shape index (κ2) is 5.72. The van der Waals surface area contributed by atoms with E-state index in [0.717, 1.165) is 37.0 Å². The number of H-pyrrole nitrogens is 1. The van der Waals surface area contributed by atoms with Crippen LogP contribution in [0.15, 0.2) is 24.3 Å². The van der Waals surface area contributed by atoms with Gasteiger partial charge in [-0.2, -0.15) is 0 Å². The average Bonchev–Trinajstić information content (AvgIpc) is 3.03. The highest BCUT2D eigenvalue weighted by Gasteiger charge is 2.43. The molecule has 1 aromatic heterocycles. The number of para-hydroxylation sites is 2. The molecule has 1 amide bonds. The maximum Gasteiger partial charge on any atom is 0.246 e. The van der Waals surface area contributed by atoms with Gasteiger partial charge in [-0.05, 0) is 44.4 Å². The van der Waals surface area contributed by atoms with Gasteiger partial charge in [-0.1, -0.05) is 26.0 Å². The fourth-order valence-electron chi connectivity index (χ4n) is 3.26. The summed E-state index contributed by atoms with van der Waals surface area (Å²) in [6.45, 7) is 8.36. The van der Waals surface area contributed by atoms with Crippen LogP contribution in [0.3, 0.4) is 0 Å². The zero-order chi connectivity index (χ0) is 15.7. The van der Waals surface area contributed by atoms with Gasteiger partial charge >= 0.3 is 0 Å². The number of rotatable bonds is 4. The first kappa shape index (κ1) is 15.0. The highest BCUT2D eigenvalue weighted by Crippen LogP contribution is 2.31. The third-order valence-corrected chi connectivity index (χ3v) is 4.49. The van der Waals surface area contributed by atoms with E-state index < -0.39 is 5.54 Å².